The van der Waals surface area contributed by atoms with Gasteiger partial charge in [-0.25, -0.2) is 4.39 Å². The van der Waals surface area contributed by atoms with Gasteiger partial charge in [0.15, 0.2) is 0 Å². The molecule has 1 N–H and O–H groups in total. The first-order valence-corrected chi connectivity index (χ1v) is 6.29. The molecule has 0 saturated carbocycles. The van der Waals surface area contributed by atoms with Gasteiger partial charge in [0.2, 0.25) is 0 Å². The Balaban J connectivity index is 2.02. The van der Waals surface area contributed by atoms with E-state index < -0.39 is 4.92 Å². The first-order valence-electron chi connectivity index (χ1n) is 6.29. The van der Waals surface area contributed by atoms with Gasteiger partial charge in [0, 0.05) is 12.6 Å². The van der Waals surface area contributed by atoms with E-state index in [4.69, 9.17) is 0 Å². The van der Waals surface area contributed by atoms with Crippen molar-refractivity contribution in [3.8, 4) is 0 Å². The number of nitrogens with one attached hydrogen (secondary N) is 1. The average Bonchev–Trinajstić information content (AvgIpc) is 2.40. The minimum Gasteiger partial charge on any atom is -0.379 e. The highest BCUT2D eigenvalue weighted by Crippen LogP contribution is 2.25. The van der Waals surface area contributed by atoms with Gasteiger partial charge in [-0.1, -0.05) is 18.2 Å². The molecule has 2 rings (SSSR count). The summed E-state index contributed by atoms with van der Waals surface area (Å²) in [7, 11) is 0. The highest BCUT2D eigenvalue weighted by Gasteiger charge is 2.12. The number of hydrogen-bond donors (Lipinski definition) is 1. The molecule has 0 bridgehead atoms. The number of anilines is 1. The zero-order valence-corrected chi connectivity index (χ0v) is 11.1. The molecule has 0 atom stereocenters. The average molecular weight is 274 g/mol. The van der Waals surface area contributed by atoms with Crippen LogP contribution in [0.5, 0.6) is 0 Å². The molecule has 0 amide bonds. The molecule has 104 valence electrons. The Morgan fingerprint density at radius 3 is 2.75 bits per heavy atom. The maximum absolute atomic E-state index is 13.0. The molecule has 2 aromatic carbocycles. The van der Waals surface area contributed by atoms with Gasteiger partial charge in [-0.15, -0.1) is 0 Å². The van der Waals surface area contributed by atoms with Gasteiger partial charge in [-0.3, -0.25) is 10.1 Å². The lowest BCUT2D eigenvalue weighted by Crippen LogP contribution is -2.07. The summed E-state index contributed by atoms with van der Waals surface area (Å²) in [5.74, 6) is -0.274. The van der Waals surface area contributed by atoms with Crippen LogP contribution in [-0.4, -0.2) is 11.5 Å². The van der Waals surface area contributed by atoms with Crippen LogP contribution in [0.3, 0.4) is 0 Å². The van der Waals surface area contributed by atoms with Gasteiger partial charge in [-0.05, 0) is 42.7 Å². The highest BCUT2D eigenvalue weighted by molar-refractivity contribution is 5.62. The number of aryl methyl sites for hydroxylation is 1. The predicted molar refractivity (Wildman–Crippen MR) is 76.4 cm³/mol. The summed E-state index contributed by atoms with van der Waals surface area (Å²) in [6, 6.07) is 11.4. The van der Waals surface area contributed by atoms with Crippen molar-refractivity contribution in [2.24, 2.45) is 0 Å². The van der Waals surface area contributed by atoms with Gasteiger partial charge in [0.05, 0.1) is 4.92 Å². The van der Waals surface area contributed by atoms with Crippen molar-refractivity contribution in [3.63, 3.8) is 0 Å². The first kappa shape index (κ1) is 14.0. The van der Waals surface area contributed by atoms with Crippen LogP contribution >= 0.6 is 0 Å². The molecular weight excluding hydrogens is 259 g/mol. The fourth-order valence-corrected chi connectivity index (χ4v) is 1.98. The Kier molecular flexibility index (Phi) is 4.30. The number of halogens is 1. The van der Waals surface area contributed by atoms with Gasteiger partial charge in [0.25, 0.3) is 5.69 Å². The molecule has 2 aromatic rings. The Morgan fingerprint density at radius 1 is 1.25 bits per heavy atom. The Hall–Kier alpha value is -2.43. The number of benzene rings is 2. The second kappa shape index (κ2) is 6.14. The molecule has 0 radical (unpaired) electrons. The lowest BCUT2D eigenvalue weighted by Gasteiger charge is -2.08. The minimum absolute atomic E-state index is 0.0595. The molecule has 0 aromatic heterocycles. The summed E-state index contributed by atoms with van der Waals surface area (Å²) in [6.45, 7) is 2.32. The molecular formula is C15H15FN2O2. The summed E-state index contributed by atoms with van der Waals surface area (Å²) < 4.78 is 13.0. The Morgan fingerprint density at radius 2 is 2.05 bits per heavy atom. The van der Waals surface area contributed by atoms with Crippen LogP contribution in [0.1, 0.15) is 11.1 Å². The van der Waals surface area contributed by atoms with Crippen molar-refractivity contribution in [2.45, 2.75) is 13.3 Å². The van der Waals surface area contributed by atoms with Crippen LogP contribution in [-0.2, 0) is 6.42 Å². The topological polar surface area (TPSA) is 55.2 Å². The molecule has 0 saturated heterocycles. The van der Waals surface area contributed by atoms with E-state index in [0.29, 0.717) is 18.7 Å². The number of nitro benzene ring substituents is 1. The second-order valence-corrected chi connectivity index (χ2v) is 4.58. The SMILES string of the molecule is Cc1ccc(NCCc2cccc(F)c2)c([N+](=O)[O-])c1. The predicted octanol–water partition coefficient (Wildman–Crippen LogP) is 3.70. The van der Waals surface area contributed by atoms with E-state index in [0.717, 1.165) is 11.1 Å². The van der Waals surface area contributed by atoms with E-state index >= 15 is 0 Å². The summed E-state index contributed by atoms with van der Waals surface area (Å²) in [5.41, 5.74) is 2.24. The molecule has 20 heavy (non-hydrogen) atoms. The number of rotatable bonds is 5. The monoisotopic (exact) mass is 274 g/mol. The molecule has 0 fully saturated rings. The van der Waals surface area contributed by atoms with Crippen molar-refractivity contribution in [1.82, 2.24) is 0 Å². The normalized spacial score (nSPS) is 10.3. The largest absolute Gasteiger partial charge is 0.379 e. The molecule has 5 heteroatoms. The van der Waals surface area contributed by atoms with Crippen LogP contribution in [0.2, 0.25) is 0 Å². The zero-order chi connectivity index (χ0) is 14.5. The van der Waals surface area contributed by atoms with Crippen LogP contribution < -0.4 is 5.32 Å². The first-order chi connectivity index (χ1) is 9.56. The fraction of sp³-hybridized carbons (Fsp3) is 0.200. The van der Waals surface area contributed by atoms with Crippen molar-refractivity contribution < 1.29 is 9.31 Å². The summed E-state index contributed by atoms with van der Waals surface area (Å²) >= 11 is 0. The molecule has 0 unspecified atom stereocenters. The molecule has 0 aliphatic carbocycles. The van der Waals surface area contributed by atoms with Gasteiger partial charge in [0.1, 0.15) is 11.5 Å². The number of nitro groups is 1. The summed E-state index contributed by atoms with van der Waals surface area (Å²) in [6.07, 6.45) is 0.600. The van der Waals surface area contributed by atoms with Crippen molar-refractivity contribution in [2.75, 3.05) is 11.9 Å². The molecule has 0 aliphatic heterocycles. The minimum atomic E-state index is -0.405. The van der Waals surface area contributed by atoms with E-state index in [9.17, 15) is 14.5 Å². The van der Waals surface area contributed by atoms with E-state index in [1.807, 2.05) is 19.1 Å². The summed E-state index contributed by atoms with van der Waals surface area (Å²) in [5, 5.41) is 14.0. The van der Waals surface area contributed by atoms with Crippen LogP contribution in [0, 0.1) is 22.9 Å². The van der Waals surface area contributed by atoms with Crippen LogP contribution in [0.15, 0.2) is 42.5 Å². The second-order valence-electron chi connectivity index (χ2n) is 4.58. The zero-order valence-electron chi connectivity index (χ0n) is 11.1. The van der Waals surface area contributed by atoms with Crippen LogP contribution in [0.4, 0.5) is 15.8 Å². The Bertz CT molecular complexity index is 629. The fourth-order valence-electron chi connectivity index (χ4n) is 1.98. The summed E-state index contributed by atoms with van der Waals surface area (Å²) in [4.78, 5) is 10.6. The van der Waals surface area contributed by atoms with Gasteiger partial charge < -0.3 is 5.32 Å². The van der Waals surface area contributed by atoms with Crippen molar-refractivity contribution in [1.29, 1.82) is 0 Å². The standard InChI is InChI=1S/C15H15FN2O2/c1-11-5-6-14(15(9-11)18(19)20)17-8-7-12-3-2-4-13(16)10-12/h2-6,9-10,17H,7-8H2,1H3. The van der Waals surface area contributed by atoms with E-state index in [-0.39, 0.29) is 11.5 Å². The van der Waals surface area contributed by atoms with E-state index in [1.165, 1.54) is 18.2 Å². The third-order valence-electron chi connectivity index (χ3n) is 2.97. The Labute approximate surface area is 116 Å². The van der Waals surface area contributed by atoms with Crippen LogP contribution in [0.25, 0.3) is 0 Å². The number of hydrogen-bond acceptors (Lipinski definition) is 3. The third-order valence-corrected chi connectivity index (χ3v) is 2.97. The van der Waals surface area contributed by atoms with Crippen molar-refractivity contribution in [3.05, 3.63) is 69.5 Å². The lowest BCUT2D eigenvalue weighted by atomic mass is 10.1. The molecule has 0 heterocycles. The maximum atomic E-state index is 13.0. The number of nitrogens with zero attached hydrogens (tertiary/aromatic N) is 1. The molecule has 0 spiro atoms. The maximum Gasteiger partial charge on any atom is 0.292 e. The van der Waals surface area contributed by atoms with E-state index in [2.05, 4.69) is 5.32 Å². The van der Waals surface area contributed by atoms with Crippen molar-refractivity contribution >= 4 is 11.4 Å². The van der Waals surface area contributed by atoms with E-state index in [1.54, 1.807) is 12.1 Å². The third kappa shape index (κ3) is 3.54. The quantitative estimate of drug-likeness (QED) is 0.668. The highest BCUT2D eigenvalue weighted by atomic mass is 19.1. The van der Waals surface area contributed by atoms with Gasteiger partial charge >= 0.3 is 0 Å². The smallest absolute Gasteiger partial charge is 0.292 e. The van der Waals surface area contributed by atoms with Gasteiger partial charge in [-0.2, -0.15) is 0 Å². The lowest BCUT2D eigenvalue weighted by molar-refractivity contribution is -0.384. The molecule has 0 aliphatic rings. The molecule has 4 nitrogen and oxygen atoms in total.